The third kappa shape index (κ3) is 52.7. The predicted molar refractivity (Wildman–Crippen MR) is 279 cm³/mol. The smallest absolute Gasteiger partial charge is 0.306 e. The molecule has 0 radical (unpaired) electrons. The number of rotatable bonds is 53. The van der Waals surface area contributed by atoms with E-state index < -0.39 is 6.10 Å². The van der Waals surface area contributed by atoms with Crippen LogP contribution in [0.25, 0.3) is 0 Å². The highest BCUT2D eigenvalue weighted by Gasteiger charge is 2.19. The molecule has 0 amide bonds. The van der Waals surface area contributed by atoms with Crippen molar-refractivity contribution in [2.24, 2.45) is 0 Å². The van der Waals surface area contributed by atoms with Crippen molar-refractivity contribution in [3.05, 3.63) is 24.3 Å². The molecular weight excluding hydrogens is 805 g/mol. The van der Waals surface area contributed by atoms with Crippen LogP contribution in [0.1, 0.15) is 316 Å². The zero-order chi connectivity index (χ0) is 47.2. The van der Waals surface area contributed by atoms with Crippen LogP contribution >= 0.6 is 0 Å². The fourth-order valence-corrected chi connectivity index (χ4v) is 8.55. The van der Waals surface area contributed by atoms with E-state index in [1.54, 1.807) is 0 Å². The molecule has 0 aliphatic heterocycles. The lowest BCUT2D eigenvalue weighted by Gasteiger charge is -2.18. The number of carbonyl (C=O) groups excluding carboxylic acids is 3. The van der Waals surface area contributed by atoms with E-state index in [2.05, 4.69) is 45.1 Å². The van der Waals surface area contributed by atoms with Crippen LogP contribution in [0.15, 0.2) is 24.3 Å². The minimum absolute atomic E-state index is 0.0708. The minimum Gasteiger partial charge on any atom is -0.462 e. The first-order valence-electron chi connectivity index (χ1n) is 28.8. The van der Waals surface area contributed by atoms with Gasteiger partial charge in [0.2, 0.25) is 0 Å². The molecule has 6 nitrogen and oxygen atoms in total. The Labute approximate surface area is 404 Å². The Hall–Kier alpha value is -2.11. The Morgan fingerprint density at radius 3 is 0.769 bits per heavy atom. The molecule has 0 aliphatic carbocycles. The highest BCUT2D eigenvalue weighted by atomic mass is 16.6. The largest absolute Gasteiger partial charge is 0.462 e. The molecule has 6 heteroatoms. The lowest BCUT2D eigenvalue weighted by molar-refractivity contribution is -0.167. The fraction of sp³-hybridized carbons (Fsp3) is 0.881. The summed E-state index contributed by atoms with van der Waals surface area (Å²) in [6.07, 6.45) is 63.1. The van der Waals surface area contributed by atoms with Crippen LogP contribution < -0.4 is 0 Å². The van der Waals surface area contributed by atoms with Gasteiger partial charge in [-0.2, -0.15) is 0 Å². The molecule has 65 heavy (non-hydrogen) atoms. The molecule has 382 valence electrons. The van der Waals surface area contributed by atoms with E-state index in [1.807, 2.05) is 0 Å². The van der Waals surface area contributed by atoms with E-state index in [4.69, 9.17) is 14.2 Å². The lowest BCUT2D eigenvalue weighted by Crippen LogP contribution is -2.30. The lowest BCUT2D eigenvalue weighted by atomic mass is 10.0. The van der Waals surface area contributed by atoms with Gasteiger partial charge >= 0.3 is 17.9 Å². The summed E-state index contributed by atoms with van der Waals surface area (Å²) in [6.45, 7) is 6.66. The summed E-state index contributed by atoms with van der Waals surface area (Å²) >= 11 is 0. The number of allylic oxidation sites excluding steroid dienone is 4. The SMILES string of the molecule is CCCCCCC/C=C\CCCCCCCC(=O)OC(COC(=O)CCCCCCCCCCC/C=C\CCCCCCCC)COC(=O)CCCCCCCCCCCCCCCC. The summed E-state index contributed by atoms with van der Waals surface area (Å²) in [5.74, 6) is -0.862. The molecule has 0 heterocycles. The number of ether oxygens (including phenoxy) is 3. The highest BCUT2D eigenvalue weighted by Crippen LogP contribution is 2.16. The number of carbonyl (C=O) groups is 3. The van der Waals surface area contributed by atoms with Crippen molar-refractivity contribution in [1.82, 2.24) is 0 Å². The van der Waals surface area contributed by atoms with Crippen LogP contribution in [0.4, 0.5) is 0 Å². The van der Waals surface area contributed by atoms with Gasteiger partial charge in [-0.15, -0.1) is 0 Å². The van der Waals surface area contributed by atoms with Crippen LogP contribution in [-0.4, -0.2) is 37.2 Å². The number of hydrogen-bond donors (Lipinski definition) is 0. The molecule has 0 fully saturated rings. The van der Waals surface area contributed by atoms with Crippen molar-refractivity contribution in [3.8, 4) is 0 Å². The van der Waals surface area contributed by atoms with Crippen molar-refractivity contribution in [2.75, 3.05) is 13.2 Å². The third-order valence-electron chi connectivity index (χ3n) is 12.9. The summed E-state index contributed by atoms with van der Waals surface area (Å²) in [5, 5.41) is 0. The van der Waals surface area contributed by atoms with Crippen molar-refractivity contribution < 1.29 is 28.6 Å². The summed E-state index contributed by atoms with van der Waals surface area (Å²) in [7, 11) is 0. The average Bonchev–Trinajstić information content (AvgIpc) is 3.30. The van der Waals surface area contributed by atoms with E-state index >= 15 is 0 Å². The van der Waals surface area contributed by atoms with Gasteiger partial charge in [0.15, 0.2) is 6.10 Å². The molecule has 0 N–H and O–H groups in total. The van der Waals surface area contributed by atoms with E-state index in [-0.39, 0.29) is 31.1 Å². The zero-order valence-corrected chi connectivity index (χ0v) is 43.8. The molecule has 0 aromatic heterocycles. The van der Waals surface area contributed by atoms with Gasteiger partial charge in [0.05, 0.1) is 0 Å². The fourth-order valence-electron chi connectivity index (χ4n) is 8.55. The van der Waals surface area contributed by atoms with Crippen molar-refractivity contribution in [1.29, 1.82) is 0 Å². The van der Waals surface area contributed by atoms with Gasteiger partial charge in [-0.1, -0.05) is 251 Å². The first kappa shape index (κ1) is 62.9. The summed E-state index contributed by atoms with van der Waals surface area (Å²) in [5.41, 5.74) is 0. The highest BCUT2D eigenvalue weighted by molar-refractivity contribution is 5.71. The second kappa shape index (κ2) is 54.5. The van der Waals surface area contributed by atoms with Crippen molar-refractivity contribution in [3.63, 3.8) is 0 Å². The van der Waals surface area contributed by atoms with Crippen molar-refractivity contribution in [2.45, 2.75) is 322 Å². The van der Waals surface area contributed by atoms with Gasteiger partial charge in [-0.3, -0.25) is 14.4 Å². The molecule has 0 aromatic rings. The first-order valence-corrected chi connectivity index (χ1v) is 28.8. The van der Waals surface area contributed by atoms with Gasteiger partial charge in [-0.05, 0) is 70.6 Å². The Bertz CT molecular complexity index is 1050. The summed E-state index contributed by atoms with van der Waals surface area (Å²) in [4.78, 5) is 38.1. The molecule has 0 aromatic carbocycles. The monoisotopic (exact) mass is 915 g/mol. The second-order valence-corrected chi connectivity index (χ2v) is 19.6. The van der Waals surface area contributed by atoms with Crippen molar-refractivity contribution >= 4 is 17.9 Å². The zero-order valence-electron chi connectivity index (χ0n) is 43.8. The molecule has 1 atom stereocenters. The Kier molecular flexibility index (Phi) is 52.7. The molecule has 1 unspecified atom stereocenters. The van der Waals surface area contributed by atoms with Gasteiger partial charge < -0.3 is 14.2 Å². The molecular formula is C59H110O6. The van der Waals surface area contributed by atoms with Crippen LogP contribution in [0.3, 0.4) is 0 Å². The van der Waals surface area contributed by atoms with E-state index in [1.165, 1.54) is 212 Å². The van der Waals surface area contributed by atoms with Gasteiger partial charge in [0.1, 0.15) is 13.2 Å². The standard InChI is InChI=1S/C59H110O6/c1-4-7-10-13-16-19-22-25-28-29-30-31-32-35-37-40-43-46-49-52-58(61)64-55-56(65-59(62)53-50-47-44-41-38-34-27-24-21-18-15-12-9-6-3)54-63-57(60)51-48-45-42-39-36-33-26-23-20-17-14-11-8-5-2/h24-25,27-28,56H,4-23,26,29-55H2,1-3H3/b27-24-,28-25-. The predicted octanol–water partition coefficient (Wildman–Crippen LogP) is 19.1. The Morgan fingerprint density at radius 1 is 0.292 bits per heavy atom. The molecule has 0 aliphatic rings. The molecule has 0 saturated carbocycles. The van der Waals surface area contributed by atoms with E-state index in [0.29, 0.717) is 19.3 Å². The average molecular weight is 916 g/mol. The number of hydrogen-bond acceptors (Lipinski definition) is 6. The first-order chi connectivity index (χ1) is 32.0. The quantitative estimate of drug-likeness (QED) is 0.0262. The Morgan fingerprint density at radius 2 is 0.508 bits per heavy atom. The maximum atomic E-state index is 12.8. The number of esters is 3. The minimum atomic E-state index is -0.772. The summed E-state index contributed by atoms with van der Waals surface area (Å²) < 4.78 is 16.9. The molecule has 0 spiro atoms. The van der Waals surface area contributed by atoms with Crippen LogP contribution in [0, 0.1) is 0 Å². The van der Waals surface area contributed by atoms with Gasteiger partial charge in [0, 0.05) is 19.3 Å². The van der Waals surface area contributed by atoms with E-state index in [9.17, 15) is 14.4 Å². The second-order valence-electron chi connectivity index (χ2n) is 19.6. The van der Waals surface area contributed by atoms with Crippen LogP contribution in [0.2, 0.25) is 0 Å². The third-order valence-corrected chi connectivity index (χ3v) is 12.9. The normalized spacial score (nSPS) is 12.1. The molecule has 0 bridgehead atoms. The molecule has 0 rings (SSSR count). The van der Waals surface area contributed by atoms with Gasteiger partial charge in [-0.25, -0.2) is 0 Å². The maximum absolute atomic E-state index is 12.8. The topological polar surface area (TPSA) is 78.9 Å². The van der Waals surface area contributed by atoms with Crippen LogP contribution in [0.5, 0.6) is 0 Å². The molecule has 0 saturated heterocycles. The van der Waals surface area contributed by atoms with Crippen LogP contribution in [-0.2, 0) is 28.6 Å². The summed E-state index contributed by atoms with van der Waals surface area (Å²) in [6, 6.07) is 0. The van der Waals surface area contributed by atoms with Gasteiger partial charge in [0.25, 0.3) is 0 Å². The number of unbranched alkanes of at least 4 members (excludes halogenated alkanes) is 38. The van der Waals surface area contributed by atoms with E-state index in [0.717, 1.165) is 64.2 Å². The maximum Gasteiger partial charge on any atom is 0.306 e. The Balaban J connectivity index is 4.31.